The Balaban J connectivity index is 3.17. The predicted molar refractivity (Wildman–Crippen MR) is 75.5 cm³/mol. The van der Waals surface area contributed by atoms with E-state index < -0.39 is 35.2 Å². The molecule has 1 heterocycles. The van der Waals surface area contributed by atoms with E-state index >= 15 is 0 Å². The lowest BCUT2D eigenvalue weighted by atomic mass is 10.5. The summed E-state index contributed by atoms with van der Waals surface area (Å²) in [6.45, 7) is -2.60. The summed E-state index contributed by atoms with van der Waals surface area (Å²) in [6.07, 6.45) is -4.75. The molecule has 0 saturated heterocycles. The Morgan fingerprint density at radius 1 is 1.38 bits per heavy atom. The van der Waals surface area contributed by atoms with Crippen molar-refractivity contribution in [3.63, 3.8) is 0 Å². The van der Waals surface area contributed by atoms with E-state index in [1.54, 1.807) is 0 Å². The third-order valence-corrected chi connectivity index (χ3v) is 6.76. The third kappa shape index (κ3) is 4.94. The van der Waals surface area contributed by atoms with Crippen LogP contribution in [0.5, 0.6) is 0 Å². The Morgan fingerprint density at radius 2 is 1.95 bits per heavy atom. The van der Waals surface area contributed by atoms with Crippen molar-refractivity contribution in [1.29, 1.82) is 0 Å². The van der Waals surface area contributed by atoms with Crippen LogP contribution in [0.25, 0.3) is 0 Å². The smallest absolute Gasteiger partial charge is 0.348 e. The van der Waals surface area contributed by atoms with E-state index in [-0.39, 0.29) is 13.0 Å². The van der Waals surface area contributed by atoms with Gasteiger partial charge >= 0.3 is 6.18 Å². The van der Waals surface area contributed by atoms with E-state index in [0.717, 1.165) is 16.2 Å². The zero-order valence-electron chi connectivity index (χ0n) is 11.0. The summed E-state index contributed by atoms with van der Waals surface area (Å²) in [6, 6.07) is 1.41. The molecule has 1 aromatic rings. The summed E-state index contributed by atoms with van der Waals surface area (Å²) in [7, 11) is -1.74. The van der Waals surface area contributed by atoms with Gasteiger partial charge in [0.2, 0.25) is 5.91 Å². The molecule has 0 atom stereocenters. The van der Waals surface area contributed by atoms with Crippen LogP contribution >= 0.6 is 27.3 Å². The maximum Gasteiger partial charge on any atom is 0.402 e. The van der Waals surface area contributed by atoms with Crippen LogP contribution in [0.1, 0.15) is 0 Å². The molecule has 0 aliphatic heterocycles. The van der Waals surface area contributed by atoms with Crippen molar-refractivity contribution < 1.29 is 26.4 Å². The van der Waals surface area contributed by atoms with E-state index in [1.165, 1.54) is 25.5 Å². The lowest BCUT2D eigenvalue weighted by Crippen LogP contribution is -2.44. The van der Waals surface area contributed by atoms with Crippen LogP contribution in [0.2, 0.25) is 0 Å². The summed E-state index contributed by atoms with van der Waals surface area (Å²) in [5.74, 6) is -0.740. The van der Waals surface area contributed by atoms with Gasteiger partial charge in [0.25, 0.3) is 10.0 Å². The van der Waals surface area contributed by atoms with Gasteiger partial charge in [0.1, 0.15) is 10.8 Å². The molecule has 0 aliphatic rings. The standard InChI is InChI=1S/C10H12BrF3N2O3S2/c1-15(2)8(17)5-16(6-10(12,13)14)21(18,19)9-7(11)3-4-20-9/h3-4H,5-6H2,1-2H3. The maximum absolute atomic E-state index is 12.6. The quantitative estimate of drug-likeness (QED) is 0.749. The Bertz CT molecular complexity index is 613. The molecule has 0 saturated carbocycles. The van der Waals surface area contributed by atoms with Crippen LogP contribution in [-0.4, -0.2) is 56.9 Å². The molecule has 5 nitrogen and oxygen atoms in total. The van der Waals surface area contributed by atoms with E-state index in [1.807, 2.05) is 0 Å². The highest BCUT2D eigenvalue weighted by atomic mass is 79.9. The molecule has 0 N–H and O–H groups in total. The third-order valence-electron chi connectivity index (χ3n) is 2.32. The Hall–Kier alpha value is -0.650. The second-order valence-corrected chi connectivity index (χ2v) is 8.14. The molecule has 0 aliphatic carbocycles. The van der Waals surface area contributed by atoms with Gasteiger partial charge in [0.15, 0.2) is 0 Å². The SMILES string of the molecule is CN(C)C(=O)CN(CC(F)(F)F)S(=O)(=O)c1sccc1Br. The number of rotatable bonds is 5. The summed E-state index contributed by atoms with van der Waals surface area (Å²) in [5.41, 5.74) is 0. The van der Waals surface area contributed by atoms with Crippen molar-refractivity contribution in [3.05, 3.63) is 15.9 Å². The summed E-state index contributed by atoms with van der Waals surface area (Å²) < 4.78 is 62.4. The number of carbonyl (C=O) groups excluding carboxylic acids is 1. The number of hydrogen-bond donors (Lipinski definition) is 0. The number of halogens is 4. The molecular formula is C10H12BrF3N2O3S2. The number of hydrogen-bond acceptors (Lipinski definition) is 4. The molecule has 0 bridgehead atoms. The number of carbonyl (C=O) groups is 1. The molecule has 21 heavy (non-hydrogen) atoms. The monoisotopic (exact) mass is 408 g/mol. The van der Waals surface area contributed by atoms with Crippen molar-refractivity contribution in [1.82, 2.24) is 9.21 Å². The lowest BCUT2D eigenvalue weighted by molar-refractivity contribution is -0.141. The van der Waals surface area contributed by atoms with E-state index in [4.69, 9.17) is 0 Å². The minimum Gasteiger partial charge on any atom is -0.348 e. The number of amides is 1. The van der Waals surface area contributed by atoms with Gasteiger partial charge in [0, 0.05) is 18.6 Å². The number of sulfonamides is 1. The average Bonchev–Trinajstić information content (AvgIpc) is 2.73. The first-order chi connectivity index (χ1) is 9.45. The molecule has 1 amide bonds. The summed E-state index contributed by atoms with van der Waals surface area (Å²) >= 11 is 3.75. The van der Waals surface area contributed by atoms with Crippen molar-refractivity contribution in [3.8, 4) is 0 Å². The van der Waals surface area contributed by atoms with Gasteiger partial charge in [-0.15, -0.1) is 11.3 Å². The molecule has 0 aromatic carbocycles. The van der Waals surface area contributed by atoms with Crippen LogP contribution in [0.3, 0.4) is 0 Å². The highest BCUT2D eigenvalue weighted by molar-refractivity contribution is 9.10. The molecule has 0 unspecified atom stereocenters. The van der Waals surface area contributed by atoms with Crippen LogP contribution in [0.15, 0.2) is 20.1 Å². The molecule has 1 aromatic heterocycles. The largest absolute Gasteiger partial charge is 0.402 e. The molecule has 0 spiro atoms. The fourth-order valence-electron chi connectivity index (χ4n) is 1.30. The summed E-state index contributed by atoms with van der Waals surface area (Å²) in [5, 5.41) is 1.43. The first-order valence-electron chi connectivity index (χ1n) is 5.45. The number of thiophene rings is 1. The highest BCUT2D eigenvalue weighted by Gasteiger charge is 2.39. The van der Waals surface area contributed by atoms with E-state index in [9.17, 15) is 26.4 Å². The van der Waals surface area contributed by atoms with Crippen molar-refractivity contribution in [2.75, 3.05) is 27.2 Å². The van der Waals surface area contributed by atoms with E-state index in [2.05, 4.69) is 15.9 Å². The molecule has 1 rings (SSSR count). The van der Waals surface area contributed by atoms with Crippen LogP contribution in [-0.2, 0) is 14.8 Å². The second kappa shape index (κ2) is 6.63. The highest BCUT2D eigenvalue weighted by Crippen LogP contribution is 2.31. The number of likely N-dealkylation sites (N-methyl/N-ethyl adjacent to an activating group) is 1. The molecular weight excluding hydrogens is 397 g/mol. The van der Waals surface area contributed by atoms with Gasteiger partial charge in [-0.25, -0.2) is 8.42 Å². The second-order valence-electron chi connectivity index (χ2n) is 4.23. The van der Waals surface area contributed by atoms with Crippen LogP contribution < -0.4 is 0 Å². The minimum absolute atomic E-state index is 0.131. The van der Waals surface area contributed by atoms with Gasteiger partial charge in [-0.3, -0.25) is 4.79 Å². The van der Waals surface area contributed by atoms with Gasteiger partial charge < -0.3 is 4.90 Å². The van der Waals surface area contributed by atoms with Gasteiger partial charge in [-0.05, 0) is 27.4 Å². The zero-order valence-corrected chi connectivity index (χ0v) is 14.2. The Kier molecular flexibility index (Phi) is 5.81. The normalized spacial score (nSPS) is 12.7. The number of nitrogens with zero attached hydrogens (tertiary/aromatic N) is 2. The number of alkyl halides is 3. The average molecular weight is 409 g/mol. The summed E-state index contributed by atoms with van der Waals surface area (Å²) in [4.78, 5) is 12.6. The van der Waals surface area contributed by atoms with Gasteiger partial charge in [-0.2, -0.15) is 17.5 Å². The van der Waals surface area contributed by atoms with Crippen LogP contribution in [0.4, 0.5) is 13.2 Å². The fraction of sp³-hybridized carbons (Fsp3) is 0.500. The van der Waals surface area contributed by atoms with Crippen molar-refractivity contribution >= 4 is 43.2 Å². The first kappa shape index (κ1) is 18.4. The van der Waals surface area contributed by atoms with E-state index in [0.29, 0.717) is 0 Å². The zero-order chi connectivity index (χ0) is 16.4. The van der Waals surface area contributed by atoms with Gasteiger partial charge in [0.05, 0.1) is 6.54 Å². The van der Waals surface area contributed by atoms with Gasteiger partial charge in [-0.1, -0.05) is 0 Å². The predicted octanol–water partition coefficient (Wildman–Crippen LogP) is 2.15. The topological polar surface area (TPSA) is 57.7 Å². The minimum atomic E-state index is -4.75. The molecule has 11 heteroatoms. The lowest BCUT2D eigenvalue weighted by Gasteiger charge is -2.23. The van der Waals surface area contributed by atoms with Crippen molar-refractivity contribution in [2.24, 2.45) is 0 Å². The molecule has 0 radical (unpaired) electrons. The Labute approximate surface area is 132 Å². The molecule has 0 fully saturated rings. The van der Waals surface area contributed by atoms with Crippen molar-refractivity contribution in [2.45, 2.75) is 10.4 Å². The fourth-order valence-corrected chi connectivity index (χ4v) is 5.12. The maximum atomic E-state index is 12.6. The Morgan fingerprint density at radius 3 is 2.33 bits per heavy atom. The first-order valence-corrected chi connectivity index (χ1v) is 8.56. The van der Waals surface area contributed by atoms with Crippen LogP contribution in [0, 0.1) is 0 Å². The molecule has 120 valence electrons.